The van der Waals surface area contributed by atoms with Crippen LogP contribution in [0.2, 0.25) is 0 Å². The largest absolute Gasteiger partial charge is 0.489 e. The zero-order valence-electron chi connectivity index (χ0n) is 17.7. The molecule has 8 heteroatoms. The number of thioether (sulfide) groups is 1. The van der Waals surface area contributed by atoms with Crippen molar-refractivity contribution >= 4 is 17.9 Å². The molecule has 1 N–H and O–H groups in total. The van der Waals surface area contributed by atoms with Gasteiger partial charge in [0.2, 0.25) is 0 Å². The lowest BCUT2D eigenvalue weighted by Gasteiger charge is -2.30. The van der Waals surface area contributed by atoms with E-state index in [1.165, 1.54) is 0 Å². The first-order chi connectivity index (χ1) is 14.3. The Labute approximate surface area is 181 Å². The standard InChI is InChI=1S/C22H29FN2O4S/c1-21(2,3)29-20(26)25-13-17(12-23)14-28-18-4-6-19(7-5-18)30-16-22(15-24)8-10-27-11-9-22/h4-7,12H,8-11,13-14,16H2,1-3H3,(H,25,26)/b17-12+. The van der Waals surface area contributed by atoms with Gasteiger partial charge in [-0.15, -0.1) is 11.8 Å². The number of carbonyl (C=O) groups is 1. The molecule has 0 aromatic heterocycles. The van der Waals surface area contributed by atoms with Gasteiger partial charge in [-0.05, 0) is 57.9 Å². The van der Waals surface area contributed by atoms with E-state index >= 15 is 0 Å². The highest BCUT2D eigenvalue weighted by atomic mass is 32.2. The normalized spacial score (nSPS) is 16.4. The number of rotatable bonds is 8. The predicted octanol–water partition coefficient (Wildman–Crippen LogP) is 4.86. The first-order valence-corrected chi connectivity index (χ1v) is 10.8. The van der Waals surface area contributed by atoms with Crippen molar-refractivity contribution in [1.29, 1.82) is 5.26 Å². The molecule has 1 aliphatic heterocycles. The molecular weight excluding hydrogens is 407 g/mol. The molecule has 30 heavy (non-hydrogen) atoms. The van der Waals surface area contributed by atoms with Gasteiger partial charge in [0.1, 0.15) is 18.0 Å². The zero-order valence-corrected chi connectivity index (χ0v) is 18.5. The number of hydrogen-bond acceptors (Lipinski definition) is 6. The van der Waals surface area contributed by atoms with E-state index in [1.807, 2.05) is 24.3 Å². The molecular formula is C22H29FN2O4S. The van der Waals surface area contributed by atoms with E-state index in [4.69, 9.17) is 14.2 Å². The van der Waals surface area contributed by atoms with E-state index in [1.54, 1.807) is 32.5 Å². The second-order valence-corrected chi connectivity index (χ2v) is 9.22. The molecule has 1 aromatic carbocycles. The molecule has 0 radical (unpaired) electrons. The molecule has 0 saturated carbocycles. The summed E-state index contributed by atoms with van der Waals surface area (Å²) in [6.45, 7) is 6.55. The minimum absolute atomic E-state index is 0.000689. The fraction of sp³-hybridized carbons (Fsp3) is 0.545. The third-order valence-electron chi connectivity index (χ3n) is 4.46. The first kappa shape index (κ1) is 24.0. The van der Waals surface area contributed by atoms with Crippen LogP contribution in [0.4, 0.5) is 9.18 Å². The highest BCUT2D eigenvalue weighted by Gasteiger charge is 2.32. The molecule has 1 aromatic rings. The van der Waals surface area contributed by atoms with Crippen LogP contribution in [0.5, 0.6) is 5.75 Å². The van der Waals surface area contributed by atoms with Crippen molar-refractivity contribution in [2.45, 2.75) is 44.1 Å². The summed E-state index contributed by atoms with van der Waals surface area (Å²) in [7, 11) is 0. The number of nitriles is 1. The van der Waals surface area contributed by atoms with Gasteiger partial charge < -0.3 is 19.5 Å². The van der Waals surface area contributed by atoms with Crippen LogP contribution in [-0.4, -0.2) is 43.8 Å². The van der Waals surface area contributed by atoms with Crippen LogP contribution in [-0.2, 0) is 9.47 Å². The molecule has 1 amide bonds. The number of alkyl carbamates (subject to hydrolysis) is 1. The van der Waals surface area contributed by atoms with Crippen molar-refractivity contribution in [1.82, 2.24) is 5.32 Å². The predicted molar refractivity (Wildman–Crippen MR) is 114 cm³/mol. The molecule has 0 bridgehead atoms. The maximum Gasteiger partial charge on any atom is 0.407 e. The van der Waals surface area contributed by atoms with Crippen LogP contribution in [0.15, 0.2) is 41.1 Å². The molecule has 2 rings (SSSR count). The summed E-state index contributed by atoms with van der Waals surface area (Å²) in [4.78, 5) is 12.7. The number of ether oxygens (including phenoxy) is 3. The molecule has 0 atom stereocenters. The second-order valence-electron chi connectivity index (χ2n) is 8.18. The fourth-order valence-electron chi connectivity index (χ4n) is 2.70. The topological polar surface area (TPSA) is 80.6 Å². The number of nitrogens with one attached hydrogen (secondary N) is 1. The van der Waals surface area contributed by atoms with Gasteiger partial charge in [-0.25, -0.2) is 9.18 Å². The van der Waals surface area contributed by atoms with E-state index < -0.39 is 11.7 Å². The molecule has 1 fully saturated rings. The summed E-state index contributed by atoms with van der Waals surface area (Å²) in [5.41, 5.74) is -0.660. The lowest BCUT2D eigenvalue weighted by atomic mass is 9.84. The van der Waals surface area contributed by atoms with Gasteiger partial charge in [0.05, 0.1) is 17.8 Å². The van der Waals surface area contributed by atoms with Crippen molar-refractivity contribution in [3.63, 3.8) is 0 Å². The minimum atomic E-state index is -0.614. The summed E-state index contributed by atoms with van der Waals surface area (Å²) in [6.07, 6.45) is 1.33. The summed E-state index contributed by atoms with van der Waals surface area (Å²) >= 11 is 1.64. The van der Waals surface area contributed by atoms with Crippen molar-refractivity contribution < 1.29 is 23.4 Å². The number of nitrogens with zero attached hydrogens (tertiary/aromatic N) is 1. The summed E-state index contributed by atoms with van der Waals surface area (Å²) in [5, 5.41) is 12.0. The highest BCUT2D eigenvalue weighted by Crippen LogP contribution is 2.36. The lowest BCUT2D eigenvalue weighted by molar-refractivity contribution is 0.0496. The van der Waals surface area contributed by atoms with Crippen molar-refractivity contribution in [3.05, 3.63) is 36.2 Å². The third-order valence-corrected chi connectivity index (χ3v) is 5.77. The fourth-order valence-corrected chi connectivity index (χ4v) is 3.83. The molecule has 1 aliphatic rings. The van der Waals surface area contributed by atoms with Crippen LogP contribution in [0.3, 0.4) is 0 Å². The van der Waals surface area contributed by atoms with Gasteiger partial charge >= 0.3 is 6.09 Å². The van der Waals surface area contributed by atoms with E-state index in [-0.39, 0.29) is 24.1 Å². The molecule has 0 aliphatic carbocycles. The third kappa shape index (κ3) is 8.25. The summed E-state index contributed by atoms with van der Waals surface area (Å²) in [5.74, 6) is 1.31. The summed E-state index contributed by atoms with van der Waals surface area (Å²) in [6, 6.07) is 9.92. The molecule has 164 valence electrons. The Morgan fingerprint density at radius 1 is 1.33 bits per heavy atom. The van der Waals surface area contributed by atoms with Gasteiger partial charge in [-0.2, -0.15) is 5.26 Å². The Kier molecular flexibility index (Phi) is 9.00. The average Bonchev–Trinajstić information content (AvgIpc) is 2.72. The van der Waals surface area contributed by atoms with Crippen molar-refractivity contribution in [3.8, 4) is 11.8 Å². The first-order valence-electron chi connectivity index (χ1n) is 9.85. The highest BCUT2D eigenvalue weighted by molar-refractivity contribution is 7.99. The smallest absolute Gasteiger partial charge is 0.407 e. The number of amides is 1. The number of benzene rings is 1. The number of halogens is 1. The molecule has 6 nitrogen and oxygen atoms in total. The van der Waals surface area contributed by atoms with Crippen LogP contribution < -0.4 is 10.1 Å². The Balaban J connectivity index is 1.78. The van der Waals surface area contributed by atoms with Crippen molar-refractivity contribution in [2.75, 3.05) is 32.1 Å². The monoisotopic (exact) mass is 436 g/mol. The van der Waals surface area contributed by atoms with Gasteiger partial charge in [0.15, 0.2) is 0 Å². The Hall–Kier alpha value is -2.24. The van der Waals surface area contributed by atoms with Gasteiger partial charge in [-0.1, -0.05) is 0 Å². The molecule has 0 unspecified atom stereocenters. The lowest BCUT2D eigenvalue weighted by Crippen LogP contribution is -2.34. The van der Waals surface area contributed by atoms with Crippen LogP contribution in [0.25, 0.3) is 0 Å². The average molecular weight is 437 g/mol. The van der Waals surface area contributed by atoms with Gasteiger partial charge in [0.25, 0.3) is 0 Å². The zero-order chi connectivity index (χ0) is 22.0. The van der Waals surface area contributed by atoms with Crippen LogP contribution in [0.1, 0.15) is 33.6 Å². The number of hydrogen-bond donors (Lipinski definition) is 1. The maximum atomic E-state index is 13.1. The second kappa shape index (κ2) is 11.2. The van der Waals surface area contributed by atoms with E-state index in [9.17, 15) is 14.4 Å². The van der Waals surface area contributed by atoms with Gasteiger partial charge in [-0.3, -0.25) is 0 Å². The van der Waals surface area contributed by atoms with Crippen LogP contribution >= 0.6 is 11.8 Å². The SMILES string of the molecule is CC(C)(C)OC(=O)NC/C(=C\F)COc1ccc(SCC2(C#N)CCOCC2)cc1. The van der Waals surface area contributed by atoms with E-state index in [0.29, 0.717) is 25.3 Å². The minimum Gasteiger partial charge on any atom is -0.489 e. The Bertz CT molecular complexity index is 763. The van der Waals surface area contributed by atoms with E-state index in [0.717, 1.165) is 23.5 Å². The molecule has 0 spiro atoms. The quantitative estimate of drug-likeness (QED) is 0.587. The number of carbonyl (C=O) groups excluding carboxylic acids is 1. The Morgan fingerprint density at radius 2 is 2.00 bits per heavy atom. The van der Waals surface area contributed by atoms with Crippen molar-refractivity contribution in [2.24, 2.45) is 5.41 Å². The maximum absolute atomic E-state index is 13.1. The molecule has 1 heterocycles. The van der Waals surface area contributed by atoms with Gasteiger partial charge in [0, 0.05) is 36.0 Å². The molecule has 1 saturated heterocycles. The van der Waals surface area contributed by atoms with Crippen LogP contribution in [0, 0.1) is 16.7 Å². The Morgan fingerprint density at radius 3 is 2.57 bits per heavy atom. The van der Waals surface area contributed by atoms with E-state index in [2.05, 4.69) is 11.4 Å². The summed E-state index contributed by atoms with van der Waals surface area (Å²) < 4.78 is 29.2.